The van der Waals surface area contributed by atoms with Gasteiger partial charge in [-0.25, -0.2) is 0 Å². The number of para-hydroxylation sites is 1. The standard InChI is InChI=1S/C15H20O3/c1-4-8-13-9-6-7-10-14(13)18-11-12(3)15(16)17-5-2/h4,6-7,9-10,12H,1,5,8,11H2,2-3H3. The van der Waals surface area contributed by atoms with E-state index in [0.717, 1.165) is 17.7 Å². The van der Waals surface area contributed by atoms with Crippen LogP contribution in [-0.2, 0) is 16.0 Å². The predicted octanol–water partition coefficient (Wildman–Crippen LogP) is 2.99. The first-order valence-electron chi connectivity index (χ1n) is 6.17. The molecule has 0 fully saturated rings. The largest absolute Gasteiger partial charge is 0.492 e. The first-order chi connectivity index (χ1) is 8.69. The Bertz CT molecular complexity index is 398. The number of ether oxygens (including phenoxy) is 2. The fraction of sp³-hybridized carbons (Fsp3) is 0.400. The molecule has 0 bridgehead atoms. The Kier molecular flexibility index (Phi) is 5.98. The predicted molar refractivity (Wildman–Crippen MR) is 71.6 cm³/mol. The molecule has 0 amide bonds. The molecular weight excluding hydrogens is 228 g/mol. The summed E-state index contributed by atoms with van der Waals surface area (Å²) in [5.74, 6) is 0.314. The number of benzene rings is 1. The summed E-state index contributed by atoms with van der Waals surface area (Å²) in [5, 5.41) is 0. The molecule has 1 aromatic carbocycles. The Morgan fingerprint density at radius 1 is 1.44 bits per heavy atom. The number of carbonyl (C=O) groups excluding carboxylic acids is 1. The first kappa shape index (κ1) is 14.3. The summed E-state index contributed by atoms with van der Waals surface area (Å²) in [6.07, 6.45) is 2.58. The van der Waals surface area contributed by atoms with Gasteiger partial charge >= 0.3 is 5.97 Å². The summed E-state index contributed by atoms with van der Waals surface area (Å²) in [5.41, 5.74) is 1.07. The molecule has 0 aliphatic carbocycles. The van der Waals surface area contributed by atoms with Crippen LogP contribution in [0.3, 0.4) is 0 Å². The molecule has 0 saturated heterocycles. The number of allylic oxidation sites excluding steroid dienone is 1. The van der Waals surface area contributed by atoms with Crippen molar-refractivity contribution in [1.29, 1.82) is 0 Å². The van der Waals surface area contributed by atoms with Crippen molar-refractivity contribution in [3.8, 4) is 5.75 Å². The molecule has 18 heavy (non-hydrogen) atoms. The van der Waals surface area contributed by atoms with E-state index in [2.05, 4.69) is 6.58 Å². The molecule has 0 aromatic heterocycles. The quantitative estimate of drug-likeness (QED) is 0.549. The molecule has 98 valence electrons. The maximum absolute atomic E-state index is 11.5. The fourth-order valence-corrected chi connectivity index (χ4v) is 1.54. The molecule has 0 aliphatic heterocycles. The number of rotatable bonds is 7. The van der Waals surface area contributed by atoms with Gasteiger partial charge in [0, 0.05) is 0 Å². The molecule has 1 rings (SSSR count). The average Bonchev–Trinajstić information content (AvgIpc) is 2.38. The van der Waals surface area contributed by atoms with E-state index in [1.165, 1.54) is 0 Å². The molecule has 1 unspecified atom stereocenters. The summed E-state index contributed by atoms with van der Waals surface area (Å²) in [6, 6.07) is 7.76. The lowest BCUT2D eigenvalue weighted by Gasteiger charge is -2.14. The number of hydrogen-bond acceptors (Lipinski definition) is 3. The second kappa shape index (κ2) is 7.54. The van der Waals surface area contributed by atoms with Crippen LogP contribution in [0.5, 0.6) is 5.75 Å². The molecule has 0 radical (unpaired) electrons. The van der Waals surface area contributed by atoms with E-state index >= 15 is 0 Å². The van der Waals surface area contributed by atoms with Gasteiger partial charge in [0.2, 0.25) is 0 Å². The van der Waals surface area contributed by atoms with Gasteiger partial charge in [0.15, 0.2) is 0 Å². The van der Waals surface area contributed by atoms with Crippen LogP contribution in [-0.4, -0.2) is 19.2 Å². The zero-order valence-electron chi connectivity index (χ0n) is 11.0. The number of esters is 1. The second-order valence-electron chi connectivity index (χ2n) is 4.06. The lowest BCUT2D eigenvalue weighted by atomic mass is 10.1. The summed E-state index contributed by atoms with van der Waals surface area (Å²) in [6.45, 7) is 8.04. The third kappa shape index (κ3) is 4.24. The van der Waals surface area contributed by atoms with Crippen LogP contribution in [0.1, 0.15) is 19.4 Å². The Balaban J connectivity index is 2.57. The van der Waals surface area contributed by atoms with Crippen LogP contribution < -0.4 is 4.74 Å². The normalized spacial score (nSPS) is 11.7. The minimum atomic E-state index is -0.262. The summed E-state index contributed by atoms with van der Waals surface area (Å²) >= 11 is 0. The van der Waals surface area contributed by atoms with Crippen molar-refractivity contribution in [2.45, 2.75) is 20.3 Å². The minimum absolute atomic E-state index is 0.223. The van der Waals surface area contributed by atoms with E-state index in [0.29, 0.717) is 13.2 Å². The molecule has 0 aliphatic rings. The Morgan fingerprint density at radius 2 is 2.17 bits per heavy atom. The highest BCUT2D eigenvalue weighted by Crippen LogP contribution is 2.19. The van der Waals surface area contributed by atoms with Crippen LogP contribution in [0, 0.1) is 5.92 Å². The van der Waals surface area contributed by atoms with E-state index in [4.69, 9.17) is 9.47 Å². The van der Waals surface area contributed by atoms with Gasteiger partial charge in [-0.05, 0) is 31.9 Å². The van der Waals surface area contributed by atoms with Gasteiger partial charge in [-0.3, -0.25) is 4.79 Å². The van der Waals surface area contributed by atoms with Gasteiger partial charge in [-0.15, -0.1) is 6.58 Å². The highest BCUT2D eigenvalue weighted by Gasteiger charge is 2.15. The van der Waals surface area contributed by atoms with Gasteiger partial charge in [0.1, 0.15) is 12.4 Å². The van der Waals surface area contributed by atoms with Crippen molar-refractivity contribution in [3.63, 3.8) is 0 Å². The van der Waals surface area contributed by atoms with Crippen molar-refractivity contribution in [2.75, 3.05) is 13.2 Å². The second-order valence-corrected chi connectivity index (χ2v) is 4.06. The summed E-state index contributed by atoms with van der Waals surface area (Å²) in [7, 11) is 0. The van der Waals surface area contributed by atoms with E-state index in [1.807, 2.05) is 30.3 Å². The minimum Gasteiger partial charge on any atom is -0.492 e. The van der Waals surface area contributed by atoms with Crippen LogP contribution in [0.2, 0.25) is 0 Å². The van der Waals surface area contributed by atoms with Gasteiger partial charge < -0.3 is 9.47 Å². The molecule has 0 N–H and O–H groups in total. The highest BCUT2D eigenvalue weighted by atomic mass is 16.5. The highest BCUT2D eigenvalue weighted by molar-refractivity contribution is 5.72. The van der Waals surface area contributed by atoms with E-state index in [9.17, 15) is 4.79 Å². The van der Waals surface area contributed by atoms with Gasteiger partial charge in [0.05, 0.1) is 12.5 Å². The molecule has 0 heterocycles. The van der Waals surface area contributed by atoms with Gasteiger partial charge in [0.25, 0.3) is 0 Å². The summed E-state index contributed by atoms with van der Waals surface area (Å²) < 4.78 is 10.6. The molecule has 0 spiro atoms. The zero-order valence-corrected chi connectivity index (χ0v) is 11.0. The lowest BCUT2D eigenvalue weighted by molar-refractivity contribution is -0.148. The SMILES string of the molecule is C=CCc1ccccc1OCC(C)C(=O)OCC. The first-order valence-corrected chi connectivity index (χ1v) is 6.17. The molecular formula is C15H20O3. The molecule has 1 atom stereocenters. The van der Waals surface area contributed by atoms with Crippen molar-refractivity contribution in [1.82, 2.24) is 0 Å². The third-order valence-electron chi connectivity index (χ3n) is 2.51. The van der Waals surface area contributed by atoms with Crippen molar-refractivity contribution in [2.24, 2.45) is 5.92 Å². The van der Waals surface area contributed by atoms with Crippen LogP contribution >= 0.6 is 0 Å². The van der Waals surface area contributed by atoms with Gasteiger partial charge in [-0.2, -0.15) is 0 Å². The Morgan fingerprint density at radius 3 is 2.83 bits per heavy atom. The molecule has 3 nitrogen and oxygen atoms in total. The monoisotopic (exact) mass is 248 g/mol. The number of hydrogen-bond donors (Lipinski definition) is 0. The average molecular weight is 248 g/mol. The van der Waals surface area contributed by atoms with Crippen LogP contribution in [0.4, 0.5) is 0 Å². The van der Waals surface area contributed by atoms with E-state index < -0.39 is 0 Å². The molecule has 0 saturated carbocycles. The van der Waals surface area contributed by atoms with Crippen molar-refractivity contribution >= 4 is 5.97 Å². The third-order valence-corrected chi connectivity index (χ3v) is 2.51. The van der Waals surface area contributed by atoms with Crippen LogP contribution in [0.15, 0.2) is 36.9 Å². The number of carbonyl (C=O) groups is 1. The lowest BCUT2D eigenvalue weighted by Crippen LogP contribution is -2.21. The maximum Gasteiger partial charge on any atom is 0.312 e. The van der Waals surface area contributed by atoms with Crippen molar-refractivity contribution < 1.29 is 14.3 Å². The van der Waals surface area contributed by atoms with Gasteiger partial charge in [-0.1, -0.05) is 24.3 Å². The summed E-state index contributed by atoms with van der Waals surface area (Å²) in [4.78, 5) is 11.5. The molecule has 3 heteroatoms. The Labute approximate surface area is 108 Å². The zero-order chi connectivity index (χ0) is 13.4. The smallest absolute Gasteiger partial charge is 0.312 e. The maximum atomic E-state index is 11.5. The Hall–Kier alpha value is -1.77. The van der Waals surface area contributed by atoms with Crippen molar-refractivity contribution in [3.05, 3.63) is 42.5 Å². The van der Waals surface area contributed by atoms with Crippen LogP contribution in [0.25, 0.3) is 0 Å². The fourth-order valence-electron chi connectivity index (χ4n) is 1.54. The van der Waals surface area contributed by atoms with E-state index in [-0.39, 0.29) is 11.9 Å². The van der Waals surface area contributed by atoms with E-state index in [1.54, 1.807) is 13.8 Å². The topological polar surface area (TPSA) is 35.5 Å². The molecule has 1 aromatic rings.